The van der Waals surface area contributed by atoms with Crippen LogP contribution in [-0.2, 0) is 0 Å². The van der Waals surface area contributed by atoms with Gasteiger partial charge in [0.15, 0.2) is 0 Å². The van der Waals surface area contributed by atoms with Crippen molar-refractivity contribution in [3.63, 3.8) is 0 Å². The summed E-state index contributed by atoms with van der Waals surface area (Å²) in [5, 5.41) is 9.79. The quantitative estimate of drug-likeness (QED) is 0.574. The molecular formula is C16H22N2. The molecule has 0 saturated heterocycles. The lowest BCUT2D eigenvalue weighted by molar-refractivity contribution is 0.116. The van der Waals surface area contributed by atoms with Crippen LogP contribution in [0.3, 0.4) is 0 Å². The fourth-order valence-electron chi connectivity index (χ4n) is 7.03. The van der Waals surface area contributed by atoms with E-state index in [0.29, 0.717) is 5.41 Å². The van der Waals surface area contributed by atoms with Crippen LogP contribution in [0.5, 0.6) is 0 Å². The van der Waals surface area contributed by atoms with Crippen LogP contribution >= 0.6 is 0 Å². The smallest absolute Gasteiger partial charge is 0.0905 e. The zero-order chi connectivity index (χ0) is 12.2. The summed E-state index contributed by atoms with van der Waals surface area (Å²) in [5.74, 6) is 3.22. The van der Waals surface area contributed by atoms with E-state index in [1.54, 1.807) is 0 Å². The Morgan fingerprint density at radius 1 is 0.889 bits per heavy atom. The molecule has 5 rings (SSSR count). The third-order valence-electron chi connectivity index (χ3n) is 7.62. The van der Waals surface area contributed by atoms with Crippen molar-refractivity contribution in [1.29, 1.82) is 0 Å². The Morgan fingerprint density at radius 3 is 1.89 bits per heavy atom. The maximum Gasteiger partial charge on any atom is 0.0905 e. The van der Waals surface area contributed by atoms with E-state index in [1.807, 2.05) is 0 Å². The first-order valence-corrected chi connectivity index (χ1v) is 7.75. The van der Waals surface area contributed by atoms with Gasteiger partial charge in [0, 0.05) is 5.41 Å². The molecular weight excluding hydrogens is 220 g/mol. The van der Waals surface area contributed by atoms with Crippen LogP contribution in [0, 0.1) is 29.1 Å². The zero-order valence-electron chi connectivity index (χ0n) is 11.4. The third-order valence-corrected chi connectivity index (χ3v) is 7.62. The summed E-state index contributed by atoms with van der Waals surface area (Å²) in [6, 6.07) is 0. The molecule has 6 atom stereocenters. The van der Waals surface area contributed by atoms with Crippen molar-refractivity contribution < 1.29 is 0 Å². The van der Waals surface area contributed by atoms with Gasteiger partial charge in [-0.1, -0.05) is 25.0 Å². The van der Waals surface area contributed by atoms with E-state index in [-0.39, 0.29) is 11.1 Å². The van der Waals surface area contributed by atoms with E-state index in [9.17, 15) is 0 Å². The summed E-state index contributed by atoms with van der Waals surface area (Å²) < 4.78 is 0. The highest BCUT2D eigenvalue weighted by Gasteiger charge is 2.80. The van der Waals surface area contributed by atoms with Crippen molar-refractivity contribution in [2.45, 2.75) is 57.0 Å². The van der Waals surface area contributed by atoms with Gasteiger partial charge in [-0.25, -0.2) is 0 Å². The fourth-order valence-corrected chi connectivity index (χ4v) is 7.03. The van der Waals surface area contributed by atoms with Crippen molar-refractivity contribution in [3.05, 3.63) is 12.2 Å². The van der Waals surface area contributed by atoms with Gasteiger partial charge < -0.3 is 0 Å². The monoisotopic (exact) mass is 242 g/mol. The van der Waals surface area contributed by atoms with E-state index in [0.717, 1.165) is 23.7 Å². The summed E-state index contributed by atoms with van der Waals surface area (Å²) in [6.45, 7) is 4.90. The molecule has 0 unspecified atom stereocenters. The SMILES string of the molecule is C[C@]12N=N[C@](C)([C@H]3[C@@H]1[C@@H]1C=C[C@H]3C1)C21CCCC1. The van der Waals surface area contributed by atoms with Gasteiger partial charge in [-0.05, 0) is 56.8 Å². The highest BCUT2D eigenvalue weighted by atomic mass is 15.3. The van der Waals surface area contributed by atoms with Gasteiger partial charge in [-0.2, -0.15) is 10.2 Å². The minimum absolute atomic E-state index is 0.160. The topological polar surface area (TPSA) is 24.7 Å². The molecule has 0 aromatic carbocycles. The highest BCUT2D eigenvalue weighted by molar-refractivity contribution is 5.37. The van der Waals surface area contributed by atoms with Gasteiger partial charge in [-0.3, -0.25) is 0 Å². The van der Waals surface area contributed by atoms with E-state index >= 15 is 0 Å². The summed E-state index contributed by atoms with van der Waals surface area (Å²) in [4.78, 5) is 0. The maximum atomic E-state index is 4.90. The first kappa shape index (κ1) is 10.2. The second-order valence-corrected chi connectivity index (χ2v) is 7.78. The second-order valence-electron chi connectivity index (χ2n) is 7.78. The Labute approximate surface area is 109 Å². The number of allylic oxidation sites excluding steroid dienone is 2. The third kappa shape index (κ3) is 0.717. The number of rotatable bonds is 0. The van der Waals surface area contributed by atoms with Crippen molar-refractivity contribution in [3.8, 4) is 0 Å². The van der Waals surface area contributed by atoms with E-state index in [1.165, 1.54) is 32.1 Å². The minimum atomic E-state index is 0.160. The van der Waals surface area contributed by atoms with Crippen LogP contribution in [0.25, 0.3) is 0 Å². The van der Waals surface area contributed by atoms with Gasteiger partial charge in [-0.15, -0.1) is 0 Å². The Hall–Kier alpha value is -0.660. The van der Waals surface area contributed by atoms with Crippen LogP contribution in [0.1, 0.15) is 46.0 Å². The molecule has 4 aliphatic carbocycles. The molecule has 1 aliphatic heterocycles. The summed E-state index contributed by atoms with van der Waals surface area (Å²) >= 11 is 0. The molecule has 0 aromatic rings. The van der Waals surface area contributed by atoms with Crippen LogP contribution in [0.2, 0.25) is 0 Å². The number of hydrogen-bond donors (Lipinski definition) is 0. The van der Waals surface area contributed by atoms with Crippen LogP contribution in [-0.4, -0.2) is 11.1 Å². The van der Waals surface area contributed by atoms with Gasteiger partial charge in [0.25, 0.3) is 0 Å². The van der Waals surface area contributed by atoms with E-state index in [2.05, 4.69) is 26.0 Å². The first-order valence-electron chi connectivity index (χ1n) is 7.75. The van der Waals surface area contributed by atoms with E-state index in [4.69, 9.17) is 10.2 Å². The predicted molar refractivity (Wildman–Crippen MR) is 70.3 cm³/mol. The number of hydrogen-bond acceptors (Lipinski definition) is 2. The minimum Gasteiger partial charge on any atom is -0.186 e. The van der Waals surface area contributed by atoms with Crippen molar-refractivity contribution in [2.75, 3.05) is 0 Å². The van der Waals surface area contributed by atoms with Gasteiger partial charge in [0.05, 0.1) is 11.1 Å². The zero-order valence-corrected chi connectivity index (χ0v) is 11.4. The number of nitrogens with zero attached hydrogens (tertiary/aromatic N) is 2. The van der Waals surface area contributed by atoms with Crippen molar-refractivity contribution in [1.82, 2.24) is 0 Å². The second kappa shape index (κ2) is 2.62. The number of fused-ring (bicyclic) bond motifs is 7. The molecule has 1 heterocycles. The van der Waals surface area contributed by atoms with Gasteiger partial charge in [0.1, 0.15) is 0 Å². The van der Waals surface area contributed by atoms with Gasteiger partial charge in [0.2, 0.25) is 0 Å². The summed E-state index contributed by atoms with van der Waals surface area (Å²) in [7, 11) is 0. The van der Waals surface area contributed by atoms with Crippen molar-refractivity contribution >= 4 is 0 Å². The molecule has 1 spiro atoms. The molecule has 0 radical (unpaired) electrons. The summed E-state index contributed by atoms with van der Waals surface area (Å²) in [5.41, 5.74) is 0.735. The Morgan fingerprint density at radius 2 is 1.39 bits per heavy atom. The lowest BCUT2D eigenvalue weighted by Gasteiger charge is -2.41. The first-order chi connectivity index (χ1) is 8.62. The standard InChI is InChI=1S/C16H22N2/c1-14-12-10-5-6-11(9-10)13(12)15(2,18-17-14)16(14)7-3-4-8-16/h5-6,10-13H,3-4,7-9H2,1-2H3/t10-,11+,12+,13-,14+,15-. The lowest BCUT2D eigenvalue weighted by atomic mass is 9.62. The Balaban J connectivity index is 1.76. The molecule has 5 aliphatic rings. The van der Waals surface area contributed by atoms with Crippen molar-refractivity contribution in [2.24, 2.45) is 39.3 Å². The molecule has 0 N–H and O–H groups in total. The van der Waals surface area contributed by atoms with E-state index < -0.39 is 0 Å². The average Bonchev–Trinajstić information content (AvgIpc) is 3.10. The largest absolute Gasteiger partial charge is 0.186 e. The summed E-state index contributed by atoms with van der Waals surface area (Å²) in [6.07, 6.45) is 11.9. The predicted octanol–water partition coefficient (Wildman–Crippen LogP) is 3.98. The Bertz CT molecular complexity index is 451. The normalized spacial score (nSPS) is 61.2. The fraction of sp³-hybridized carbons (Fsp3) is 0.875. The average molecular weight is 242 g/mol. The molecule has 96 valence electrons. The maximum absolute atomic E-state index is 4.90. The molecule has 18 heavy (non-hydrogen) atoms. The molecule has 2 heteroatoms. The highest BCUT2D eigenvalue weighted by Crippen LogP contribution is 2.78. The molecule has 0 aromatic heterocycles. The van der Waals surface area contributed by atoms with Crippen LogP contribution < -0.4 is 0 Å². The molecule has 0 amide bonds. The molecule has 4 bridgehead atoms. The lowest BCUT2D eigenvalue weighted by Crippen LogP contribution is -2.48. The van der Waals surface area contributed by atoms with Crippen LogP contribution in [0.4, 0.5) is 0 Å². The van der Waals surface area contributed by atoms with Gasteiger partial charge >= 0.3 is 0 Å². The van der Waals surface area contributed by atoms with Crippen LogP contribution in [0.15, 0.2) is 22.4 Å². The molecule has 3 saturated carbocycles. The molecule has 3 fully saturated rings. The Kier molecular flexibility index (Phi) is 1.48. The number of azo groups is 1. The molecule has 2 nitrogen and oxygen atoms in total.